The molecule has 1 unspecified atom stereocenters. The van der Waals surface area contributed by atoms with Crippen LogP contribution in [0.15, 0.2) is 29.3 Å². The first kappa shape index (κ1) is 23.5. The topological polar surface area (TPSA) is 63.2 Å². The van der Waals surface area contributed by atoms with Crippen molar-refractivity contribution in [2.45, 2.75) is 33.1 Å². The third-order valence-electron chi connectivity index (χ3n) is 4.50. The maximum absolute atomic E-state index is 12.0. The van der Waals surface area contributed by atoms with Gasteiger partial charge in [-0.1, -0.05) is 18.2 Å². The second-order valence-electron chi connectivity index (χ2n) is 6.30. The first-order valence-corrected chi connectivity index (χ1v) is 9.52. The van der Waals surface area contributed by atoms with E-state index in [1.807, 2.05) is 32.0 Å². The van der Waals surface area contributed by atoms with Gasteiger partial charge in [0.1, 0.15) is 5.75 Å². The van der Waals surface area contributed by atoms with Crippen LogP contribution >= 0.6 is 24.0 Å². The number of aliphatic imine (C=N–C) groups is 1. The van der Waals surface area contributed by atoms with Crippen LogP contribution in [0.1, 0.15) is 32.3 Å². The Hall–Kier alpha value is -1.51. The highest BCUT2D eigenvalue weighted by atomic mass is 127. The van der Waals surface area contributed by atoms with Crippen molar-refractivity contribution >= 4 is 35.9 Å². The van der Waals surface area contributed by atoms with E-state index in [0.717, 1.165) is 44.1 Å². The second kappa shape index (κ2) is 12.8. The van der Waals surface area contributed by atoms with Crippen LogP contribution in [0.5, 0.6) is 5.75 Å². The number of hydrogen-bond acceptors (Lipinski definition) is 4. The van der Waals surface area contributed by atoms with Crippen LogP contribution in [-0.4, -0.2) is 56.7 Å². The number of likely N-dealkylation sites (tertiary alicyclic amines) is 1. The van der Waals surface area contributed by atoms with Crippen LogP contribution in [0, 0.1) is 5.92 Å². The van der Waals surface area contributed by atoms with Crippen molar-refractivity contribution in [1.82, 2.24) is 10.2 Å². The van der Waals surface area contributed by atoms with E-state index in [9.17, 15) is 4.79 Å². The molecule has 1 aromatic rings. The van der Waals surface area contributed by atoms with E-state index in [-0.39, 0.29) is 35.9 Å². The average molecular weight is 489 g/mol. The summed E-state index contributed by atoms with van der Waals surface area (Å²) in [6.45, 7) is 7.26. The van der Waals surface area contributed by atoms with Gasteiger partial charge in [0.05, 0.1) is 19.1 Å². The van der Waals surface area contributed by atoms with Gasteiger partial charge in [-0.3, -0.25) is 9.79 Å². The summed E-state index contributed by atoms with van der Waals surface area (Å²) < 4.78 is 10.9. The molecular formula is C20H32IN3O3. The first-order chi connectivity index (χ1) is 12.7. The van der Waals surface area contributed by atoms with Gasteiger partial charge in [0.25, 0.3) is 0 Å². The molecule has 1 N–H and O–H groups in total. The van der Waals surface area contributed by atoms with Crippen molar-refractivity contribution in [3.63, 3.8) is 0 Å². The number of nitrogens with one attached hydrogen (secondary N) is 1. The number of ether oxygens (including phenoxy) is 2. The Morgan fingerprint density at radius 1 is 1.30 bits per heavy atom. The summed E-state index contributed by atoms with van der Waals surface area (Å²) in [5.74, 6) is 1.61. The second-order valence-corrected chi connectivity index (χ2v) is 6.30. The standard InChI is InChI=1S/C20H31N3O3.HI/c1-4-25-18-11-7-6-9-16(18)12-13-22-20(21-3)23-14-8-10-17(15-23)19(24)26-5-2;/h6-7,9,11,17H,4-5,8,10,12-15H2,1-3H3,(H,21,22);1H. The molecule has 1 aromatic carbocycles. The number of rotatable bonds is 7. The molecule has 0 bridgehead atoms. The van der Waals surface area contributed by atoms with E-state index >= 15 is 0 Å². The summed E-state index contributed by atoms with van der Waals surface area (Å²) in [5, 5.41) is 3.42. The Balaban J connectivity index is 0.00000364. The lowest BCUT2D eigenvalue weighted by Crippen LogP contribution is -2.48. The third-order valence-corrected chi connectivity index (χ3v) is 4.50. The quantitative estimate of drug-likeness (QED) is 0.276. The summed E-state index contributed by atoms with van der Waals surface area (Å²) in [4.78, 5) is 18.6. The zero-order chi connectivity index (χ0) is 18.8. The summed E-state index contributed by atoms with van der Waals surface area (Å²) in [6.07, 6.45) is 2.70. The number of guanidine groups is 1. The average Bonchev–Trinajstić information content (AvgIpc) is 2.67. The number of benzene rings is 1. The van der Waals surface area contributed by atoms with Crippen LogP contribution in [0.4, 0.5) is 0 Å². The molecule has 7 heteroatoms. The molecule has 0 saturated carbocycles. The van der Waals surface area contributed by atoms with E-state index in [4.69, 9.17) is 9.47 Å². The lowest BCUT2D eigenvalue weighted by atomic mass is 9.98. The predicted molar refractivity (Wildman–Crippen MR) is 119 cm³/mol. The molecule has 1 heterocycles. The molecule has 2 rings (SSSR count). The Morgan fingerprint density at radius 3 is 2.78 bits per heavy atom. The normalized spacial score (nSPS) is 17.1. The number of halogens is 1. The van der Waals surface area contributed by atoms with Crippen LogP contribution in [0.3, 0.4) is 0 Å². The van der Waals surface area contributed by atoms with Gasteiger partial charge in [-0.2, -0.15) is 0 Å². The van der Waals surface area contributed by atoms with Crippen LogP contribution in [0.25, 0.3) is 0 Å². The maximum atomic E-state index is 12.0. The smallest absolute Gasteiger partial charge is 0.310 e. The van der Waals surface area contributed by atoms with Gasteiger partial charge >= 0.3 is 5.97 Å². The van der Waals surface area contributed by atoms with Crippen LogP contribution in [0.2, 0.25) is 0 Å². The molecule has 1 saturated heterocycles. The Labute approximate surface area is 179 Å². The maximum Gasteiger partial charge on any atom is 0.310 e. The Kier molecular flexibility index (Phi) is 11.2. The van der Waals surface area contributed by atoms with Gasteiger partial charge in [0.2, 0.25) is 0 Å². The third kappa shape index (κ3) is 7.20. The fraction of sp³-hybridized carbons (Fsp3) is 0.600. The number of piperidine rings is 1. The SMILES string of the molecule is CCOC(=O)C1CCCN(C(=NC)NCCc2ccccc2OCC)C1.I. The number of carbonyl (C=O) groups is 1. The monoisotopic (exact) mass is 489 g/mol. The van der Waals surface area contributed by atoms with Gasteiger partial charge in [-0.25, -0.2) is 0 Å². The van der Waals surface area contributed by atoms with Crippen molar-refractivity contribution in [1.29, 1.82) is 0 Å². The summed E-state index contributed by atoms with van der Waals surface area (Å²) in [5.41, 5.74) is 1.18. The summed E-state index contributed by atoms with van der Waals surface area (Å²) >= 11 is 0. The van der Waals surface area contributed by atoms with Crippen LogP contribution < -0.4 is 10.1 Å². The van der Waals surface area contributed by atoms with Gasteiger partial charge in [0.15, 0.2) is 5.96 Å². The van der Waals surface area contributed by atoms with E-state index in [1.165, 1.54) is 5.56 Å². The Morgan fingerprint density at radius 2 is 2.07 bits per heavy atom. The molecule has 152 valence electrons. The minimum absolute atomic E-state index is 0. The van der Waals surface area contributed by atoms with E-state index in [1.54, 1.807) is 7.05 Å². The van der Waals surface area contributed by atoms with E-state index < -0.39 is 0 Å². The molecular weight excluding hydrogens is 457 g/mol. The molecule has 0 aromatic heterocycles. The molecule has 1 atom stereocenters. The largest absolute Gasteiger partial charge is 0.494 e. The lowest BCUT2D eigenvalue weighted by molar-refractivity contribution is -0.149. The van der Waals surface area contributed by atoms with Crippen molar-refractivity contribution in [2.75, 3.05) is 39.9 Å². The first-order valence-electron chi connectivity index (χ1n) is 9.52. The number of carbonyl (C=O) groups excluding carboxylic acids is 1. The van der Waals surface area contributed by atoms with Crippen molar-refractivity contribution in [3.8, 4) is 5.75 Å². The van der Waals surface area contributed by atoms with Gasteiger partial charge in [-0.05, 0) is 44.7 Å². The van der Waals surface area contributed by atoms with Gasteiger partial charge in [-0.15, -0.1) is 24.0 Å². The summed E-state index contributed by atoms with van der Waals surface area (Å²) in [6, 6.07) is 8.11. The number of esters is 1. The lowest BCUT2D eigenvalue weighted by Gasteiger charge is -2.34. The predicted octanol–water partition coefficient (Wildman–Crippen LogP) is 3.10. The zero-order valence-electron chi connectivity index (χ0n) is 16.6. The fourth-order valence-corrected chi connectivity index (χ4v) is 3.27. The molecule has 1 aliphatic rings. The van der Waals surface area contributed by atoms with Gasteiger partial charge in [0, 0.05) is 26.7 Å². The minimum atomic E-state index is -0.0988. The molecule has 27 heavy (non-hydrogen) atoms. The minimum Gasteiger partial charge on any atom is -0.494 e. The zero-order valence-corrected chi connectivity index (χ0v) is 18.9. The Bertz CT molecular complexity index is 610. The van der Waals surface area contributed by atoms with E-state index in [0.29, 0.717) is 19.8 Å². The highest BCUT2D eigenvalue weighted by Gasteiger charge is 2.28. The molecule has 0 spiro atoms. The van der Waals surface area contributed by atoms with Crippen LogP contribution in [-0.2, 0) is 16.0 Å². The number of para-hydroxylation sites is 1. The molecule has 0 radical (unpaired) electrons. The number of nitrogens with zero attached hydrogens (tertiary/aromatic N) is 2. The fourth-order valence-electron chi connectivity index (χ4n) is 3.27. The number of hydrogen-bond donors (Lipinski definition) is 1. The summed E-state index contributed by atoms with van der Waals surface area (Å²) in [7, 11) is 1.78. The van der Waals surface area contributed by atoms with Gasteiger partial charge < -0.3 is 19.7 Å². The van der Waals surface area contributed by atoms with E-state index in [2.05, 4.69) is 21.3 Å². The van der Waals surface area contributed by atoms with Crippen molar-refractivity contribution in [3.05, 3.63) is 29.8 Å². The molecule has 6 nitrogen and oxygen atoms in total. The molecule has 1 fully saturated rings. The molecule has 0 amide bonds. The molecule has 0 aliphatic carbocycles. The highest BCUT2D eigenvalue weighted by Crippen LogP contribution is 2.19. The highest BCUT2D eigenvalue weighted by molar-refractivity contribution is 14.0. The van der Waals surface area contributed by atoms with Crippen molar-refractivity contribution < 1.29 is 14.3 Å². The van der Waals surface area contributed by atoms with Crippen molar-refractivity contribution in [2.24, 2.45) is 10.9 Å². The molecule has 1 aliphatic heterocycles.